The number of allylic oxidation sites excluding steroid dienone is 1. The van der Waals surface area contributed by atoms with Gasteiger partial charge in [0.25, 0.3) is 0 Å². The molecule has 2 nitrogen and oxygen atoms in total. The zero-order valence-electron chi connectivity index (χ0n) is 10.1. The van der Waals surface area contributed by atoms with Crippen LogP contribution >= 0.6 is 11.6 Å². The fourth-order valence-electron chi connectivity index (χ4n) is 1.52. The Labute approximate surface area is 103 Å². The summed E-state index contributed by atoms with van der Waals surface area (Å²) in [5.41, 5.74) is 3.66. The minimum atomic E-state index is 0.568. The molecule has 0 aliphatic carbocycles. The Bertz CT molecular complexity index is 359. The van der Waals surface area contributed by atoms with E-state index in [0.29, 0.717) is 5.88 Å². The standard InChI is InChI=1S/C13H19ClN2/c1-11-6-7-12(10-13(11)16(2)3)15-9-5-4-8-14/h4-7,10,15H,8-9H2,1-3H3/b5-4+. The second-order valence-electron chi connectivity index (χ2n) is 3.90. The molecule has 0 aromatic heterocycles. The van der Waals surface area contributed by atoms with Gasteiger partial charge in [-0.3, -0.25) is 0 Å². The summed E-state index contributed by atoms with van der Waals surface area (Å²) in [4.78, 5) is 2.12. The fraction of sp³-hybridized carbons (Fsp3) is 0.385. The topological polar surface area (TPSA) is 15.3 Å². The summed E-state index contributed by atoms with van der Waals surface area (Å²) in [6, 6.07) is 6.38. The van der Waals surface area contributed by atoms with Gasteiger partial charge in [0.15, 0.2) is 0 Å². The summed E-state index contributed by atoms with van der Waals surface area (Å²) in [5, 5.41) is 3.33. The van der Waals surface area contributed by atoms with Gasteiger partial charge >= 0.3 is 0 Å². The minimum Gasteiger partial charge on any atom is -0.382 e. The average Bonchev–Trinajstić information content (AvgIpc) is 2.26. The second kappa shape index (κ2) is 6.44. The van der Waals surface area contributed by atoms with Crippen LogP contribution in [0.5, 0.6) is 0 Å². The lowest BCUT2D eigenvalue weighted by molar-refractivity contribution is 1.11. The molecule has 0 heterocycles. The Morgan fingerprint density at radius 2 is 2.06 bits per heavy atom. The molecule has 0 saturated carbocycles. The van der Waals surface area contributed by atoms with E-state index in [2.05, 4.69) is 49.4 Å². The van der Waals surface area contributed by atoms with Gasteiger partial charge < -0.3 is 10.2 Å². The van der Waals surface area contributed by atoms with Crippen LogP contribution in [0.15, 0.2) is 30.4 Å². The monoisotopic (exact) mass is 238 g/mol. The third-order valence-electron chi connectivity index (χ3n) is 2.37. The predicted octanol–water partition coefficient (Wildman–Crippen LogP) is 3.27. The number of nitrogens with one attached hydrogen (secondary N) is 1. The van der Waals surface area contributed by atoms with Gasteiger partial charge in [-0.25, -0.2) is 0 Å². The maximum Gasteiger partial charge on any atom is 0.0411 e. The molecule has 0 unspecified atom stereocenters. The molecule has 3 heteroatoms. The molecule has 0 fully saturated rings. The average molecular weight is 239 g/mol. The lowest BCUT2D eigenvalue weighted by Crippen LogP contribution is -2.10. The summed E-state index contributed by atoms with van der Waals surface area (Å²) in [6.07, 6.45) is 3.97. The lowest BCUT2D eigenvalue weighted by atomic mass is 10.1. The second-order valence-corrected chi connectivity index (χ2v) is 4.21. The van der Waals surface area contributed by atoms with E-state index in [4.69, 9.17) is 11.6 Å². The molecule has 0 aliphatic rings. The summed E-state index contributed by atoms with van der Waals surface area (Å²) in [7, 11) is 4.11. The van der Waals surface area contributed by atoms with Crippen molar-refractivity contribution in [2.75, 3.05) is 36.7 Å². The van der Waals surface area contributed by atoms with Crippen molar-refractivity contribution in [2.45, 2.75) is 6.92 Å². The highest BCUT2D eigenvalue weighted by atomic mass is 35.5. The molecule has 1 rings (SSSR count). The number of alkyl halides is 1. The van der Waals surface area contributed by atoms with Gasteiger partial charge in [-0.05, 0) is 24.6 Å². The maximum absolute atomic E-state index is 5.55. The Morgan fingerprint density at radius 3 is 2.69 bits per heavy atom. The molecule has 1 aromatic carbocycles. The molecule has 0 amide bonds. The van der Waals surface area contributed by atoms with Crippen LogP contribution in [0.2, 0.25) is 0 Å². The van der Waals surface area contributed by atoms with Crippen molar-refractivity contribution in [1.29, 1.82) is 0 Å². The number of nitrogens with zero attached hydrogens (tertiary/aromatic N) is 1. The van der Waals surface area contributed by atoms with E-state index in [-0.39, 0.29) is 0 Å². The van der Waals surface area contributed by atoms with Gasteiger partial charge in [0.2, 0.25) is 0 Å². The van der Waals surface area contributed by atoms with Crippen LogP contribution < -0.4 is 10.2 Å². The van der Waals surface area contributed by atoms with E-state index in [0.717, 1.165) is 12.2 Å². The molecule has 1 aromatic rings. The Kier molecular flexibility index (Phi) is 5.20. The first kappa shape index (κ1) is 12.9. The van der Waals surface area contributed by atoms with E-state index in [1.165, 1.54) is 11.3 Å². The number of rotatable bonds is 5. The zero-order valence-corrected chi connectivity index (χ0v) is 10.9. The van der Waals surface area contributed by atoms with Crippen molar-refractivity contribution in [2.24, 2.45) is 0 Å². The van der Waals surface area contributed by atoms with E-state index < -0.39 is 0 Å². The lowest BCUT2D eigenvalue weighted by Gasteiger charge is -2.17. The van der Waals surface area contributed by atoms with Crippen molar-refractivity contribution in [3.8, 4) is 0 Å². The zero-order chi connectivity index (χ0) is 12.0. The number of anilines is 2. The number of aryl methyl sites for hydroxylation is 1. The number of benzene rings is 1. The molecule has 0 atom stereocenters. The van der Waals surface area contributed by atoms with Crippen LogP contribution in [0.4, 0.5) is 11.4 Å². The number of hydrogen-bond donors (Lipinski definition) is 1. The highest BCUT2D eigenvalue weighted by Gasteiger charge is 2.01. The Hall–Kier alpha value is -1.15. The highest BCUT2D eigenvalue weighted by Crippen LogP contribution is 2.22. The minimum absolute atomic E-state index is 0.568. The van der Waals surface area contributed by atoms with Crippen LogP contribution in [-0.2, 0) is 0 Å². The van der Waals surface area contributed by atoms with Crippen LogP contribution in [0.25, 0.3) is 0 Å². The first-order valence-corrected chi connectivity index (χ1v) is 5.91. The third-order valence-corrected chi connectivity index (χ3v) is 2.55. The highest BCUT2D eigenvalue weighted by molar-refractivity contribution is 6.18. The molecule has 1 N–H and O–H groups in total. The van der Waals surface area contributed by atoms with Crippen LogP contribution in [0.3, 0.4) is 0 Å². The molecular formula is C13H19ClN2. The normalized spacial score (nSPS) is 10.8. The molecule has 16 heavy (non-hydrogen) atoms. The Morgan fingerprint density at radius 1 is 1.31 bits per heavy atom. The van der Waals surface area contributed by atoms with Gasteiger partial charge in [-0.1, -0.05) is 18.2 Å². The van der Waals surface area contributed by atoms with Crippen molar-refractivity contribution in [3.05, 3.63) is 35.9 Å². The molecule has 0 saturated heterocycles. The summed E-state index contributed by atoms with van der Waals surface area (Å²) < 4.78 is 0. The molecule has 0 spiro atoms. The van der Waals surface area contributed by atoms with E-state index in [1.807, 2.05) is 12.2 Å². The van der Waals surface area contributed by atoms with Gasteiger partial charge in [0.1, 0.15) is 0 Å². The maximum atomic E-state index is 5.55. The smallest absolute Gasteiger partial charge is 0.0411 e. The fourth-order valence-corrected chi connectivity index (χ4v) is 1.65. The Balaban J connectivity index is 2.67. The van der Waals surface area contributed by atoms with Crippen molar-refractivity contribution in [1.82, 2.24) is 0 Å². The summed E-state index contributed by atoms with van der Waals surface area (Å²) >= 11 is 5.55. The van der Waals surface area contributed by atoms with Crippen molar-refractivity contribution in [3.63, 3.8) is 0 Å². The van der Waals surface area contributed by atoms with Gasteiger partial charge in [-0.15, -0.1) is 11.6 Å². The largest absolute Gasteiger partial charge is 0.382 e. The van der Waals surface area contributed by atoms with Crippen LogP contribution in [0.1, 0.15) is 5.56 Å². The SMILES string of the molecule is Cc1ccc(NC/C=C/CCl)cc1N(C)C. The first-order chi connectivity index (χ1) is 7.65. The van der Waals surface area contributed by atoms with Gasteiger partial charge in [0.05, 0.1) is 0 Å². The van der Waals surface area contributed by atoms with Crippen molar-refractivity contribution < 1.29 is 0 Å². The molecule has 88 valence electrons. The molecular weight excluding hydrogens is 220 g/mol. The van der Waals surface area contributed by atoms with E-state index >= 15 is 0 Å². The van der Waals surface area contributed by atoms with Gasteiger partial charge in [0, 0.05) is 37.9 Å². The van der Waals surface area contributed by atoms with E-state index in [1.54, 1.807) is 0 Å². The van der Waals surface area contributed by atoms with Crippen LogP contribution in [0, 0.1) is 6.92 Å². The molecule has 0 aliphatic heterocycles. The predicted molar refractivity (Wildman–Crippen MR) is 73.9 cm³/mol. The number of halogens is 1. The van der Waals surface area contributed by atoms with Crippen LogP contribution in [-0.4, -0.2) is 26.5 Å². The van der Waals surface area contributed by atoms with Gasteiger partial charge in [-0.2, -0.15) is 0 Å². The molecule has 0 radical (unpaired) electrons. The summed E-state index contributed by atoms with van der Waals surface area (Å²) in [5.74, 6) is 0.568. The van der Waals surface area contributed by atoms with E-state index in [9.17, 15) is 0 Å². The quantitative estimate of drug-likeness (QED) is 0.626. The summed E-state index contributed by atoms with van der Waals surface area (Å²) in [6.45, 7) is 2.93. The van der Waals surface area contributed by atoms with Crippen molar-refractivity contribution >= 4 is 23.0 Å². The molecule has 0 bridgehead atoms. The number of hydrogen-bond acceptors (Lipinski definition) is 2. The third kappa shape index (κ3) is 3.78. The first-order valence-electron chi connectivity index (χ1n) is 5.38.